The van der Waals surface area contributed by atoms with Crippen molar-refractivity contribution in [3.8, 4) is 0 Å². The van der Waals surface area contributed by atoms with Crippen LogP contribution in [0.3, 0.4) is 0 Å². The number of rotatable bonds is 3. The van der Waals surface area contributed by atoms with E-state index in [9.17, 15) is 4.79 Å². The Bertz CT molecular complexity index is 433. The normalized spacial score (nSPS) is 27.9. The standard InChI is InChI=1S/C16H28N4O2/c1-16(5-6-16)12-18-15(17-2)20-9-7-19(8-10-20)14(21)13-4-3-11-22-13/h13H,3-12H2,1-2H3,(H,17,18). The first-order chi connectivity index (χ1) is 10.6. The van der Waals surface area contributed by atoms with Gasteiger partial charge in [0.2, 0.25) is 0 Å². The number of carbonyl (C=O) groups excluding carboxylic acids is 1. The summed E-state index contributed by atoms with van der Waals surface area (Å²) in [6.07, 6.45) is 4.30. The van der Waals surface area contributed by atoms with Gasteiger partial charge in [0.05, 0.1) is 0 Å². The SMILES string of the molecule is CN=C(NCC1(C)CC1)N1CCN(C(=O)C2CCCO2)CC1. The van der Waals surface area contributed by atoms with E-state index in [1.54, 1.807) is 0 Å². The predicted molar refractivity (Wildman–Crippen MR) is 85.8 cm³/mol. The lowest BCUT2D eigenvalue weighted by Crippen LogP contribution is -2.55. The quantitative estimate of drug-likeness (QED) is 0.615. The van der Waals surface area contributed by atoms with Crippen molar-refractivity contribution in [1.82, 2.24) is 15.1 Å². The van der Waals surface area contributed by atoms with E-state index >= 15 is 0 Å². The first-order valence-electron chi connectivity index (χ1n) is 8.47. The van der Waals surface area contributed by atoms with Crippen molar-refractivity contribution in [3.05, 3.63) is 0 Å². The number of hydrogen-bond donors (Lipinski definition) is 1. The molecule has 0 radical (unpaired) electrons. The van der Waals surface area contributed by atoms with Crippen LogP contribution in [0.1, 0.15) is 32.6 Å². The van der Waals surface area contributed by atoms with Crippen LogP contribution in [0.5, 0.6) is 0 Å². The molecule has 3 aliphatic rings. The van der Waals surface area contributed by atoms with Crippen molar-refractivity contribution in [2.24, 2.45) is 10.4 Å². The van der Waals surface area contributed by atoms with E-state index in [0.717, 1.165) is 58.1 Å². The summed E-state index contributed by atoms with van der Waals surface area (Å²) in [4.78, 5) is 20.9. The van der Waals surface area contributed by atoms with Crippen molar-refractivity contribution < 1.29 is 9.53 Å². The molecule has 3 rings (SSSR count). The van der Waals surface area contributed by atoms with Crippen LogP contribution in [0.4, 0.5) is 0 Å². The van der Waals surface area contributed by atoms with Gasteiger partial charge in [-0.3, -0.25) is 9.79 Å². The molecule has 1 unspecified atom stereocenters. The van der Waals surface area contributed by atoms with Crippen LogP contribution in [0.25, 0.3) is 0 Å². The van der Waals surface area contributed by atoms with E-state index in [2.05, 4.69) is 22.1 Å². The van der Waals surface area contributed by atoms with Crippen LogP contribution in [0.2, 0.25) is 0 Å². The van der Waals surface area contributed by atoms with Gasteiger partial charge < -0.3 is 19.9 Å². The zero-order valence-corrected chi connectivity index (χ0v) is 13.8. The van der Waals surface area contributed by atoms with E-state index in [4.69, 9.17) is 4.74 Å². The number of carbonyl (C=O) groups is 1. The Hall–Kier alpha value is -1.30. The third-order valence-electron chi connectivity index (χ3n) is 5.08. The zero-order valence-electron chi connectivity index (χ0n) is 13.8. The third kappa shape index (κ3) is 3.54. The highest BCUT2D eigenvalue weighted by Gasteiger charge is 2.37. The average molecular weight is 308 g/mol. The molecule has 6 nitrogen and oxygen atoms in total. The van der Waals surface area contributed by atoms with Gasteiger partial charge in [0, 0.05) is 46.4 Å². The summed E-state index contributed by atoms with van der Waals surface area (Å²) in [5.41, 5.74) is 0.466. The molecule has 124 valence electrons. The second-order valence-corrected chi connectivity index (χ2v) is 7.03. The number of guanidine groups is 1. The predicted octanol–water partition coefficient (Wildman–Crippen LogP) is 0.685. The van der Waals surface area contributed by atoms with Crippen molar-refractivity contribution in [3.63, 3.8) is 0 Å². The van der Waals surface area contributed by atoms with Crippen molar-refractivity contribution in [1.29, 1.82) is 0 Å². The molecule has 0 aromatic carbocycles. The number of hydrogen-bond acceptors (Lipinski definition) is 3. The second-order valence-electron chi connectivity index (χ2n) is 7.03. The molecule has 0 aromatic rings. The summed E-state index contributed by atoms with van der Waals surface area (Å²) >= 11 is 0. The molecule has 22 heavy (non-hydrogen) atoms. The molecule has 2 aliphatic heterocycles. The van der Waals surface area contributed by atoms with E-state index in [1.165, 1.54) is 12.8 Å². The first kappa shape index (κ1) is 15.6. The molecule has 6 heteroatoms. The Morgan fingerprint density at radius 1 is 1.27 bits per heavy atom. The molecule has 1 amide bonds. The molecule has 1 saturated carbocycles. The maximum Gasteiger partial charge on any atom is 0.251 e. The third-order valence-corrected chi connectivity index (χ3v) is 5.08. The molecule has 3 fully saturated rings. The van der Waals surface area contributed by atoms with Crippen LogP contribution in [-0.4, -0.2) is 74.1 Å². The van der Waals surface area contributed by atoms with Gasteiger partial charge in [-0.25, -0.2) is 0 Å². The minimum absolute atomic E-state index is 0.172. The second kappa shape index (κ2) is 6.44. The molecular formula is C16H28N4O2. The largest absolute Gasteiger partial charge is 0.368 e. The van der Waals surface area contributed by atoms with E-state index in [0.29, 0.717) is 5.41 Å². The number of aliphatic imine (C=N–C) groups is 1. The number of ether oxygens (including phenoxy) is 1. The molecule has 1 aliphatic carbocycles. The van der Waals surface area contributed by atoms with Gasteiger partial charge in [-0.2, -0.15) is 0 Å². The summed E-state index contributed by atoms with van der Waals surface area (Å²) in [5, 5.41) is 3.49. The maximum atomic E-state index is 12.3. The molecule has 1 atom stereocenters. The van der Waals surface area contributed by atoms with Gasteiger partial charge in [0.15, 0.2) is 5.96 Å². The van der Waals surface area contributed by atoms with Crippen LogP contribution in [0, 0.1) is 5.41 Å². The highest BCUT2D eigenvalue weighted by molar-refractivity contribution is 5.82. The van der Waals surface area contributed by atoms with Gasteiger partial charge in [0.25, 0.3) is 5.91 Å². The Balaban J connectivity index is 1.46. The van der Waals surface area contributed by atoms with Gasteiger partial charge in [0.1, 0.15) is 6.10 Å². The molecule has 2 heterocycles. The fourth-order valence-corrected chi connectivity index (χ4v) is 3.13. The van der Waals surface area contributed by atoms with Gasteiger partial charge in [-0.15, -0.1) is 0 Å². The lowest BCUT2D eigenvalue weighted by Gasteiger charge is -2.37. The Morgan fingerprint density at radius 2 is 1.95 bits per heavy atom. The van der Waals surface area contributed by atoms with Crippen molar-refractivity contribution in [2.75, 3.05) is 46.4 Å². The van der Waals surface area contributed by atoms with Crippen LogP contribution < -0.4 is 5.32 Å². The summed E-state index contributed by atoms with van der Waals surface area (Å²) in [6.45, 7) is 7.24. The summed E-state index contributed by atoms with van der Waals surface area (Å²) in [6, 6.07) is 0. The fourth-order valence-electron chi connectivity index (χ4n) is 3.13. The lowest BCUT2D eigenvalue weighted by atomic mass is 10.1. The minimum atomic E-state index is -0.196. The van der Waals surface area contributed by atoms with Gasteiger partial charge >= 0.3 is 0 Å². The molecular weight excluding hydrogens is 280 g/mol. The highest BCUT2D eigenvalue weighted by atomic mass is 16.5. The lowest BCUT2D eigenvalue weighted by molar-refractivity contribution is -0.142. The molecule has 0 aromatic heterocycles. The maximum absolute atomic E-state index is 12.3. The van der Waals surface area contributed by atoms with Crippen LogP contribution >= 0.6 is 0 Å². The average Bonchev–Trinajstić information content (AvgIpc) is 3.05. The number of nitrogens with zero attached hydrogens (tertiary/aromatic N) is 3. The Labute approximate surface area is 132 Å². The van der Waals surface area contributed by atoms with Crippen LogP contribution in [-0.2, 0) is 9.53 Å². The van der Waals surface area contributed by atoms with E-state index in [-0.39, 0.29) is 12.0 Å². The topological polar surface area (TPSA) is 57.2 Å². The first-order valence-corrected chi connectivity index (χ1v) is 8.47. The number of amides is 1. The summed E-state index contributed by atoms with van der Waals surface area (Å²) < 4.78 is 5.51. The van der Waals surface area contributed by atoms with Crippen molar-refractivity contribution >= 4 is 11.9 Å². The smallest absolute Gasteiger partial charge is 0.251 e. The molecule has 1 N–H and O–H groups in total. The minimum Gasteiger partial charge on any atom is -0.368 e. The van der Waals surface area contributed by atoms with Crippen molar-refractivity contribution in [2.45, 2.75) is 38.7 Å². The van der Waals surface area contributed by atoms with Gasteiger partial charge in [-0.1, -0.05) is 6.92 Å². The number of nitrogens with one attached hydrogen (secondary N) is 1. The number of piperazine rings is 1. The summed E-state index contributed by atoms with van der Waals surface area (Å²) in [7, 11) is 1.83. The van der Waals surface area contributed by atoms with E-state index < -0.39 is 0 Å². The fraction of sp³-hybridized carbons (Fsp3) is 0.875. The van der Waals surface area contributed by atoms with E-state index in [1.807, 2.05) is 11.9 Å². The Kier molecular flexibility index (Phi) is 4.57. The highest BCUT2D eigenvalue weighted by Crippen LogP contribution is 2.44. The molecule has 0 bridgehead atoms. The molecule has 0 spiro atoms. The van der Waals surface area contributed by atoms with Gasteiger partial charge in [-0.05, 0) is 31.1 Å². The Morgan fingerprint density at radius 3 is 2.50 bits per heavy atom. The summed E-state index contributed by atoms with van der Waals surface area (Å²) in [5.74, 6) is 1.14. The monoisotopic (exact) mass is 308 g/mol. The molecule has 2 saturated heterocycles. The van der Waals surface area contributed by atoms with Crippen LogP contribution in [0.15, 0.2) is 4.99 Å². The zero-order chi connectivity index (χ0) is 15.6.